The highest BCUT2D eigenvalue weighted by Crippen LogP contribution is 2.34. The molecular formula is C31H41BrN6O. The monoisotopic (exact) mass is 592 g/mol. The van der Waals surface area contributed by atoms with E-state index in [9.17, 15) is 0 Å². The second-order valence-electron chi connectivity index (χ2n) is 9.30. The summed E-state index contributed by atoms with van der Waals surface area (Å²) in [6.07, 6.45) is 6.17. The number of pyridine rings is 1. The molecule has 0 aliphatic carbocycles. The van der Waals surface area contributed by atoms with Gasteiger partial charge in [-0.2, -0.15) is 0 Å². The number of ether oxygens (including phenoxy) is 1. The molecule has 0 fully saturated rings. The first-order chi connectivity index (χ1) is 19.0. The van der Waals surface area contributed by atoms with E-state index in [1.165, 1.54) is 12.8 Å². The first-order valence-electron chi connectivity index (χ1n) is 13.6. The highest BCUT2D eigenvalue weighted by atomic mass is 79.9. The molecule has 0 unspecified atom stereocenters. The van der Waals surface area contributed by atoms with Crippen molar-refractivity contribution in [3.05, 3.63) is 77.0 Å². The third-order valence-corrected chi connectivity index (χ3v) is 6.78. The van der Waals surface area contributed by atoms with Crippen molar-refractivity contribution in [2.45, 2.75) is 33.6 Å². The summed E-state index contributed by atoms with van der Waals surface area (Å²) in [5.74, 6) is 1.41. The second kappa shape index (κ2) is 15.9. The molecule has 0 aliphatic rings. The van der Waals surface area contributed by atoms with Gasteiger partial charge in [-0.25, -0.2) is 0 Å². The van der Waals surface area contributed by atoms with Crippen LogP contribution in [0.2, 0.25) is 0 Å². The lowest BCUT2D eigenvalue weighted by atomic mass is 10.2. The Balaban J connectivity index is 1.63. The highest BCUT2D eigenvalue weighted by molar-refractivity contribution is 9.10. The third-order valence-electron chi connectivity index (χ3n) is 6.25. The number of aliphatic imine (C=N–C) groups is 1. The van der Waals surface area contributed by atoms with Gasteiger partial charge in [0.1, 0.15) is 11.5 Å². The molecule has 2 aromatic carbocycles. The van der Waals surface area contributed by atoms with E-state index in [1.807, 2.05) is 68.6 Å². The molecule has 208 valence electrons. The predicted molar refractivity (Wildman–Crippen MR) is 170 cm³/mol. The van der Waals surface area contributed by atoms with Crippen molar-refractivity contribution in [3.63, 3.8) is 0 Å². The van der Waals surface area contributed by atoms with E-state index in [2.05, 4.69) is 73.0 Å². The Morgan fingerprint density at radius 3 is 2.41 bits per heavy atom. The van der Waals surface area contributed by atoms with Crippen molar-refractivity contribution in [1.29, 1.82) is 0 Å². The van der Waals surface area contributed by atoms with Gasteiger partial charge >= 0.3 is 0 Å². The Labute approximate surface area is 242 Å². The Kier molecular flexibility index (Phi) is 12.3. The molecule has 39 heavy (non-hydrogen) atoms. The van der Waals surface area contributed by atoms with Crippen molar-refractivity contribution < 1.29 is 4.74 Å². The van der Waals surface area contributed by atoms with Gasteiger partial charge in [0.05, 0.1) is 29.4 Å². The van der Waals surface area contributed by atoms with Gasteiger partial charge in [0.15, 0.2) is 0 Å². The first-order valence-corrected chi connectivity index (χ1v) is 14.3. The first kappa shape index (κ1) is 30.2. The minimum Gasteiger partial charge on any atom is -0.457 e. The number of rotatable bonds is 16. The number of allylic oxidation sites excluding steroid dienone is 1. The van der Waals surface area contributed by atoms with Crippen molar-refractivity contribution in [1.82, 2.24) is 15.2 Å². The molecule has 7 nitrogen and oxygen atoms in total. The summed E-state index contributed by atoms with van der Waals surface area (Å²) < 4.78 is 7.26. The SMILES string of the molecule is C=Nc1cc(Oc2ccnc(/C(=C\C)NCCN(CCC)CCC)c2)ccc1N(C)CNc1ccc(Br)cc1. The summed E-state index contributed by atoms with van der Waals surface area (Å²) in [6, 6.07) is 17.8. The standard InChI is InChI=1S/C31H41BrN6O/c1-6-18-38(19-7-2)20-17-35-28(8-3)29-21-27(15-16-34-29)39-26-13-14-31(30(22-26)33-4)37(5)23-36-25-11-9-24(32)10-12-25/h8-16,21-22,35-36H,4,6-7,17-20,23H2,1-3,5H3/b28-8+. The smallest absolute Gasteiger partial charge is 0.131 e. The minimum atomic E-state index is 0.617. The zero-order valence-corrected chi connectivity index (χ0v) is 25.2. The summed E-state index contributed by atoms with van der Waals surface area (Å²) in [5.41, 5.74) is 4.60. The number of hydrogen-bond acceptors (Lipinski definition) is 7. The molecule has 3 rings (SSSR count). The molecular weight excluding hydrogens is 552 g/mol. The maximum atomic E-state index is 6.21. The molecule has 0 radical (unpaired) electrons. The zero-order valence-electron chi connectivity index (χ0n) is 23.6. The van der Waals surface area contributed by atoms with Crippen LogP contribution in [-0.2, 0) is 0 Å². The van der Waals surface area contributed by atoms with E-state index in [0.717, 1.165) is 59.1 Å². The van der Waals surface area contributed by atoms with Gasteiger partial charge in [-0.15, -0.1) is 0 Å². The van der Waals surface area contributed by atoms with Gasteiger partial charge in [-0.05, 0) is 82.0 Å². The van der Waals surface area contributed by atoms with Crippen LogP contribution in [0.15, 0.2) is 76.3 Å². The predicted octanol–water partition coefficient (Wildman–Crippen LogP) is 7.55. The summed E-state index contributed by atoms with van der Waals surface area (Å²) >= 11 is 3.47. The average molecular weight is 594 g/mol. The van der Waals surface area contributed by atoms with Crippen LogP contribution >= 0.6 is 15.9 Å². The lowest BCUT2D eigenvalue weighted by Crippen LogP contribution is -2.33. The molecule has 2 N–H and O–H groups in total. The Morgan fingerprint density at radius 1 is 1.03 bits per heavy atom. The van der Waals surface area contributed by atoms with Crippen LogP contribution in [0, 0.1) is 0 Å². The van der Waals surface area contributed by atoms with E-state index < -0.39 is 0 Å². The van der Waals surface area contributed by atoms with Crippen molar-refractivity contribution >= 4 is 45.4 Å². The molecule has 1 aromatic heterocycles. The number of nitrogens with one attached hydrogen (secondary N) is 2. The van der Waals surface area contributed by atoms with Gasteiger partial charge in [-0.1, -0.05) is 35.9 Å². The molecule has 0 bridgehead atoms. The molecule has 0 aliphatic heterocycles. The minimum absolute atomic E-state index is 0.617. The number of nitrogens with zero attached hydrogens (tertiary/aromatic N) is 4. The molecule has 0 saturated carbocycles. The van der Waals surface area contributed by atoms with Crippen LogP contribution in [0.4, 0.5) is 17.1 Å². The fourth-order valence-electron chi connectivity index (χ4n) is 4.29. The van der Waals surface area contributed by atoms with Crippen LogP contribution in [0.3, 0.4) is 0 Å². The van der Waals surface area contributed by atoms with Crippen LogP contribution in [0.5, 0.6) is 11.5 Å². The van der Waals surface area contributed by atoms with Gasteiger partial charge in [0.2, 0.25) is 0 Å². The van der Waals surface area contributed by atoms with E-state index in [4.69, 9.17) is 4.74 Å². The maximum absolute atomic E-state index is 6.21. The van der Waals surface area contributed by atoms with Crippen LogP contribution < -0.4 is 20.3 Å². The van der Waals surface area contributed by atoms with E-state index in [-0.39, 0.29) is 0 Å². The maximum Gasteiger partial charge on any atom is 0.131 e. The zero-order chi connectivity index (χ0) is 28.0. The highest BCUT2D eigenvalue weighted by Gasteiger charge is 2.11. The summed E-state index contributed by atoms with van der Waals surface area (Å²) in [7, 11) is 2.01. The molecule has 0 saturated heterocycles. The van der Waals surface area contributed by atoms with Gasteiger partial charge in [0, 0.05) is 48.6 Å². The van der Waals surface area contributed by atoms with E-state index in [0.29, 0.717) is 18.2 Å². The van der Waals surface area contributed by atoms with Crippen LogP contribution in [-0.4, -0.2) is 56.5 Å². The van der Waals surface area contributed by atoms with Crippen LogP contribution in [0.25, 0.3) is 5.70 Å². The third kappa shape index (κ3) is 9.41. The number of halogens is 1. The topological polar surface area (TPSA) is 65.0 Å². The number of anilines is 2. The molecule has 0 amide bonds. The Morgan fingerprint density at radius 2 is 1.74 bits per heavy atom. The van der Waals surface area contributed by atoms with Gasteiger partial charge in [0.25, 0.3) is 0 Å². The van der Waals surface area contributed by atoms with E-state index in [1.54, 1.807) is 6.20 Å². The summed E-state index contributed by atoms with van der Waals surface area (Å²) in [4.78, 5) is 13.4. The molecule has 0 spiro atoms. The van der Waals surface area contributed by atoms with E-state index >= 15 is 0 Å². The summed E-state index contributed by atoms with van der Waals surface area (Å²) in [5, 5.41) is 6.98. The number of hydrogen-bond donors (Lipinski definition) is 2. The number of benzene rings is 2. The largest absolute Gasteiger partial charge is 0.457 e. The fourth-order valence-corrected chi connectivity index (χ4v) is 4.56. The summed E-state index contributed by atoms with van der Waals surface area (Å²) in [6.45, 7) is 15.0. The molecule has 0 atom stereocenters. The van der Waals surface area contributed by atoms with Crippen LogP contribution in [0.1, 0.15) is 39.3 Å². The van der Waals surface area contributed by atoms with Gasteiger partial charge < -0.3 is 25.2 Å². The lowest BCUT2D eigenvalue weighted by molar-refractivity contribution is 0.278. The molecule has 3 aromatic rings. The van der Waals surface area contributed by atoms with Crippen molar-refractivity contribution in [2.75, 3.05) is 50.1 Å². The quantitative estimate of drug-likeness (QED) is 0.132. The fraction of sp³-hybridized carbons (Fsp3) is 0.355. The average Bonchev–Trinajstić information content (AvgIpc) is 2.95. The van der Waals surface area contributed by atoms with Gasteiger partial charge in [-0.3, -0.25) is 9.98 Å². The Bertz CT molecular complexity index is 1210. The van der Waals surface area contributed by atoms with Crippen molar-refractivity contribution in [2.24, 2.45) is 4.99 Å². The number of aromatic nitrogens is 1. The second-order valence-corrected chi connectivity index (χ2v) is 10.2. The Hall–Kier alpha value is -3.36. The molecule has 1 heterocycles. The lowest BCUT2D eigenvalue weighted by Gasteiger charge is -2.22. The normalized spacial score (nSPS) is 11.4. The van der Waals surface area contributed by atoms with Crippen molar-refractivity contribution in [3.8, 4) is 11.5 Å². The molecule has 8 heteroatoms.